The van der Waals surface area contributed by atoms with Crippen LogP contribution in [0.4, 0.5) is 0 Å². The molecular weight excluding hydrogens is 1220 g/mol. The number of carbonyl (C=O) groups excluding carboxylic acids is 4. The summed E-state index contributed by atoms with van der Waals surface area (Å²) in [6.45, 7) is 4.00. The van der Waals surface area contributed by atoms with Gasteiger partial charge in [-0.15, -0.1) is 0 Å². The Bertz CT molecular complexity index is 1770. The summed E-state index contributed by atoms with van der Waals surface area (Å²) >= 11 is 66.6. The number of hydrogen-bond donors (Lipinski definition) is 0. The molecule has 0 aliphatic carbocycles. The minimum atomic E-state index is -1.38. The van der Waals surface area contributed by atoms with E-state index in [9.17, 15) is 39.6 Å². The van der Waals surface area contributed by atoms with E-state index in [-0.39, 0.29) is 121 Å². The van der Waals surface area contributed by atoms with Crippen LogP contribution in [0.3, 0.4) is 0 Å². The Labute approximate surface area is 429 Å². The van der Waals surface area contributed by atoms with E-state index in [1.165, 1.54) is 49.9 Å². The van der Waals surface area contributed by atoms with Crippen LogP contribution in [0.2, 0.25) is 60.3 Å². The molecule has 60 heavy (non-hydrogen) atoms. The zero-order chi connectivity index (χ0) is 44.3. The topological polar surface area (TPSA) is 179 Å². The first-order valence-corrected chi connectivity index (χ1v) is 20.2. The third-order valence-corrected chi connectivity index (χ3v) is 10.7. The fourth-order valence-electron chi connectivity index (χ4n) is 3.74. The molecule has 2 aliphatic rings. The van der Waals surface area contributed by atoms with Crippen LogP contribution in [0.1, 0.15) is 67.1 Å². The molecule has 0 atom stereocenters. The summed E-state index contributed by atoms with van der Waals surface area (Å²) in [4.78, 5) is 41.6. The van der Waals surface area contributed by atoms with Crippen LogP contribution < -0.4 is 20.4 Å². The maximum atomic E-state index is 10.4. The zero-order valence-electron chi connectivity index (χ0n) is 29.6. The van der Waals surface area contributed by atoms with Crippen LogP contribution in [0, 0.1) is 0 Å². The summed E-state index contributed by atoms with van der Waals surface area (Å²) in [5, 5.41) is 43.0. The maximum absolute atomic E-state index is 10.4. The van der Waals surface area contributed by atoms with Gasteiger partial charge in [-0.2, -0.15) is 0 Å². The molecule has 0 spiro atoms. The number of benzene rings is 4. The SMILES string of the molecule is C1CCOC1.C1CCOC1.O=C([O-])c1cc(Cl)c(Cl)cc1Cl.O=C([O-])c1cc(Cl)c(Cl)cc1Cl.O=C([O-])c1cc(Cl)c(Cl)cc1Cl.O=C([O-])c1cc(Cl)c(Cl)cc1Cl.[Ru+2].[Ru+2]. The molecule has 2 fully saturated rings. The number of hydrogen-bond acceptors (Lipinski definition) is 10. The monoisotopic (exact) mass is 1240 g/mol. The van der Waals surface area contributed by atoms with Crippen LogP contribution >= 0.6 is 139 Å². The fraction of sp³-hybridized carbons (Fsp3) is 0.222. The second kappa shape index (κ2) is 32.1. The van der Waals surface area contributed by atoms with Crippen molar-refractivity contribution in [3.63, 3.8) is 0 Å². The molecule has 0 amide bonds. The molecule has 0 bridgehead atoms. The Morgan fingerprint density at radius 2 is 0.467 bits per heavy atom. The van der Waals surface area contributed by atoms with E-state index in [2.05, 4.69) is 0 Å². The predicted molar refractivity (Wildman–Crippen MR) is 223 cm³/mol. The standard InChI is InChI=1S/4C7H3Cl3O2.2C4H8O.2Ru/c4*8-4-2-6(10)5(9)1-3(4)7(11)12;2*1-2-4-5-3-1;;/h4*1-2H,(H,11,12);2*1-4H2;;/q;;;;;;2*+2/p-4. The van der Waals surface area contributed by atoms with E-state index >= 15 is 0 Å². The molecule has 24 heteroatoms. The van der Waals surface area contributed by atoms with Crippen molar-refractivity contribution >= 4 is 163 Å². The molecular formula is C36H24Cl12O10Ru2. The molecule has 6 rings (SSSR count). The zero-order valence-corrected chi connectivity index (χ0v) is 42.1. The smallest absolute Gasteiger partial charge is 0.545 e. The Kier molecular flexibility index (Phi) is 32.9. The quantitative estimate of drug-likeness (QED) is 0.141. The molecule has 10 nitrogen and oxygen atoms in total. The molecule has 4 aromatic rings. The Morgan fingerprint density at radius 1 is 0.317 bits per heavy atom. The summed E-state index contributed by atoms with van der Waals surface area (Å²) in [6, 6.07) is 9.66. The van der Waals surface area contributed by atoms with Crippen molar-refractivity contribution in [1.29, 1.82) is 0 Å². The molecule has 2 aliphatic heterocycles. The molecule has 328 valence electrons. The number of carboxylic acid groups (broad SMARTS) is 4. The molecule has 0 N–H and O–H groups in total. The van der Waals surface area contributed by atoms with Crippen molar-refractivity contribution in [1.82, 2.24) is 0 Å². The van der Waals surface area contributed by atoms with Gasteiger partial charge in [-0.25, -0.2) is 0 Å². The fourth-order valence-corrected chi connectivity index (χ4v) is 6.23. The van der Waals surface area contributed by atoms with E-state index in [1.54, 1.807) is 0 Å². The molecule has 0 radical (unpaired) electrons. The van der Waals surface area contributed by atoms with Gasteiger partial charge in [0.1, 0.15) is 0 Å². The van der Waals surface area contributed by atoms with Crippen LogP contribution in [-0.2, 0) is 48.4 Å². The van der Waals surface area contributed by atoms with E-state index in [0.29, 0.717) is 0 Å². The second-order valence-corrected chi connectivity index (χ2v) is 15.7. The first-order valence-electron chi connectivity index (χ1n) is 15.7. The molecule has 2 saturated heterocycles. The van der Waals surface area contributed by atoms with E-state index in [4.69, 9.17) is 149 Å². The molecule has 2 heterocycles. The van der Waals surface area contributed by atoms with Crippen LogP contribution in [0.25, 0.3) is 0 Å². The summed E-state index contributed by atoms with van der Waals surface area (Å²) in [5.41, 5.74) is -0.644. The molecule has 0 unspecified atom stereocenters. The number of aromatic carboxylic acids is 4. The van der Waals surface area contributed by atoms with E-state index in [0.717, 1.165) is 50.7 Å². The number of halogens is 12. The summed E-state index contributed by atoms with van der Waals surface area (Å²) < 4.78 is 9.89. The average Bonchev–Trinajstić information content (AvgIpc) is 3.92. The average molecular weight is 1240 g/mol. The molecule has 0 saturated carbocycles. The van der Waals surface area contributed by atoms with Crippen molar-refractivity contribution in [2.24, 2.45) is 0 Å². The van der Waals surface area contributed by atoms with Gasteiger partial charge in [0.15, 0.2) is 0 Å². The van der Waals surface area contributed by atoms with Crippen molar-refractivity contribution in [2.75, 3.05) is 26.4 Å². The summed E-state index contributed by atoms with van der Waals surface area (Å²) in [7, 11) is 0. The number of carboxylic acids is 4. The van der Waals surface area contributed by atoms with Gasteiger partial charge in [0.2, 0.25) is 0 Å². The Morgan fingerprint density at radius 3 is 0.583 bits per heavy atom. The Balaban J connectivity index is 0. The van der Waals surface area contributed by atoms with Gasteiger partial charge in [0.25, 0.3) is 0 Å². The third kappa shape index (κ3) is 22.8. The van der Waals surface area contributed by atoms with Crippen LogP contribution in [-0.4, -0.2) is 50.3 Å². The normalized spacial score (nSPS) is 11.9. The van der Waals surface area contributed by atoms with Gasteiger partial charge >= 0.3 is 39.0 Å². The second-order valence-electron chi connectivity index (χ2n) is 10.8. The number of carbonyl (C=O) groups is 4. The van der Waals surface area contributed by atoms with Crippen molar-refractivity contribution in [3.8, 4) is 0 Å². The summed E-state index contributed by atoms with van der Waals surface area (Å²) in [5.74, 6) is -5.51. The van der Waals surface area contributed by atoms with Crippen LogP contribution in [0.5, 0.6) is 0 Å². The van der Waals surface area contributed by atoms with Gasteiger partial charge in [0, 0.05) is 48.7 Å². The first kappa shape index (κ1) is 61.5. The molecule has 0 aromatic heterocycles. The minimum absolute atomic E-state index is 0. The largest absolute Gasteiger partial charge is 2.00 e. The van der Waals surface area contributed by atoms with Gasteiger partial charge < -0.3 is 49.1 Å². The number of rotatable bonds is 4. The molecule has 4 aromatic carbocycles. The van der Waals surface area contributed by atoms with Crippen LogP contribution in [0.15, 0.2) is 48.5 Å². The van der Waals surface area contributed by atoms with Crippen molar-refractivity contribution < 1.29 is 88.0 Å². The van der Waals surface area contributed by atoms with Crippen molar-refractivity contribution in [3.05, 3.63) is 131 Å². The first-order chi connectivity index (χ1) is 27.1. The van der Waals surface area contributed by atoms with Gasteiger partial charge in [0.05, 0.1) is 84.1 Å². The van der Waals surface area contributed by atoms with E-state index in [1.807, 2.05) is 0 Å². The predicted octanol–water partition coefficient (Wildman–Crippen LogP) is 9.63. The van der Waals surface area contributed by atoms with Gasteiger partial charge in [-0.3, -0.25) is 0 Å². The van der Waals surface area contributed by atoms with Crippen molar-refractivity contribution in [2.45, 2.75) is 25.7 Å². The maximum Gasteiger partial charge on any atom is 2.00 e. The summed E-state index contributed by atoms with van der Waals surface area (Å²) in [6.07, 6.45) is 5.11. The number of ether oxygens (including phenoxy) is 2. The van der Waals surface area contributed by atoms with E-state index < -0.39 is 23.9 Å². The van der Waals surface area contributed by atoms with Gasteiger partial charge in [-0.05, 0) is 74.2 Å². The minimum Gasteiger partial charge on any atom is -0.545 e. The van der Waals surface area contributed by atoms with Gasteiger partial charge in [-0.1, -0.05) is 139 Å². The third-order valence-electron chi connectivity index (χ3n) is 6.57. The Hall–Kier alpha value is -0.593.